The Kier molecular flexibility index (Phi) is 4.43. The Morgan fingerprint density at radius 1 is 1.30 bits per heavy atom. The summed E-state index contributed by atoms with van der Waals surface area (Å²) in [6.07, 6.45) is 3.56. The van der Waals surface area contributed by atoms with Crippen molar-refractivity contribution in [3.8, 4) is 0 Å². The van der Waals surface area contributed by atoms with E-state index < -0.39 is 11.7 Å². The maximum atomic E-state index is 12.2. The van der Waals surface area contributed by atoms with Crippen LogP contribution in [0.15, 0.2) is 0 Å². The second-order valence-corrected chi connectivity index (χ2v) is 8.05. The minimum Gasteiger partial charge on any atom is -0.459 e. The van der Waals surface area contributed by atoms with Crippen molar-refractivity contribution < 1.29 is 23.8 Å². The van der Waals surface area contributed by atoms with Gasteiger partial charge in [-0.1, -0.05) is 6.92 Å². The number of carbonyl (C=O) groups excluding carboxylic acids is 2. The third-order valence-electron chi connectivity index (χ3n) is 5.90. The van der Waals surface area contributed by atoms with Crippen LogP contribution in [0.5, 0.6) is 0 Å². The molecule has 4 aliphatic rings. The van der Waals surface area contributed by atoms with Crippen LogP contribution in [0.1, 0.15) is 59.8 Å². The van der Waals surface area contributed by atoms with Crippen molar-refractivity contribution in [2.24, 2.45) is 23.2 Å². The van der Waals surface area contributed by atoms with Gasteiger partial charge in [-0.25, -0.2) is 0 Å². The second kappa shape index (κ2) is 6.08. The highest BCUT2D eigenvalue weighted by atomic mass is 16.7. The van der Waals surface area contributed by atoms with Crippen molar-refractivity contribution in [2.45, 2.75) is 78.3 Å². The topological polar surface area (TPSA) is 61.8 Å². The molecular weight excluding hydrogens is 296 g/mol. The molecule has 0 spiro atoms. The molecule has 4 bridgehead atoms. The van der Waals surface area contributed by atoms with Crippen LogP contribution < -0.4 is 0 Å². The molecule has 4 rings (SSSR count). The van der Waals surface area contributed by atoms with Gasteiger partial charge in [0, 0.05) is 0 Å². The average molecular weight is 324 g/mol. The Morgan fingerprint density at radius 2 is 2.04 bits per heavy atom. The maximum Gasteiger partial charge on any atom is 0.313 e. The van der Waals surface area contributed by atoms with Crippen LogP contribution >= 0.6 is 0 Å². The summed E-state index contributed by atoms with van der Waals surface area (Å²) in [4.78, 5) is 24.3. The van der Waals surface area contributed by atoms with E-state index in [1.54, 1.807) is 6.92 Å². The van der Waals surface area contributed by atoms with E-state index in [4.69, 9.17) is 14.2 Å². The zero-order valence-corrected chi connectivity index (χ0v) is 14.5. The van der Waals surface area contributed by atoms with E-state index in [2.05, 4.69) is 0 Å². The number of esters is 2. The quantitative estimate of drug-likeness (QED) is 0.574. The predicted molar refractivity (Wildman–Crippen MR) is 83.3 cm³/mol. The Hall–Kier alpha value is -1.10. The van der Waals surface area contributed by atoms with E-state index >= 15 is 0 Å². The van der Waals surface area contributed by atoms with Gasteiger partial charge in [-0.15, -0.1) is 0 Å². The van der Waals surface area contributed by atoms with Gasteiger partial charge < -0.3 is 14.2 Å². The highest BCUT2D eigenvalue weighted by molar-refractivity contribution is 5.76. The highest BCUT2D eigenvalue weighted by Crippen LogP contribution is 2.48. The zero-order chi connectivity index (χ0) is 16.8. The molecule has 2 saturated heterocycles. The van der Waals surface area contributed by atoms with E-state index in [1.807, 2.05) is 20.8 Å². The lowest BCUT2D eigenvalue weighted by atomic mass is 9.67. The molecule has 2 heterocycles. The van der Waals surface area contributed by atoms with Gasteiger partial charge in [-0.2, -0.15) is 0 Å². The molecule has 0 aromatic rings. The monoisotopic (exact) mass is 324 g/mol. The first-order chi connectivity index (χ1) is 10.8. The van der Waals surface area contributed by atoms with Gasteiger partial charge in [-0.05, 0) is 64.7 Å². The summed E-state index contributed by atoms with van der Waals surface area (Å²) in [5.74, 6) is 0.640. The first-order valence-electron chi connectivity index (χ1n) is 8.87. The minimum absolute atomic E-state index is 0.0363. The Balaban J connectivity index is 1.64. The number of ether oxygens (including phenoxy) is 3. The average Bonchev–Trinajstić information content (AvgIpc) is 2.65. The normalized spacial score (nSPS) is 37.2. The summed E-state index contributed by atoms with van der Waals surface area (Å²) < 4.78 is 17.2. The summed E-state index contributed by atoms with van der Waals surface area (Å²) >= 11 is 0. The molecule has 0 aromatic carbocycles. The van der Waals surface area contributed by atoms with Gasteiger partial charge >= 0.3 is 11.9 Å². The molecule has 0 amide bonds. The molecule has 2 saturated carbocycles. The van der Waals surface area contributed by atoms with Crippen molar-refractivity contribution in [1.29, 1.82) is 0 Å². The summed E-state index contributed by atoms with van der Waals surface area (Å²) in [6.45, 7) is 7.47. The standard InChI is InChI=1S/C18H28O5/c1-5-18(3,4)17(20)22-10(2)21-15-12-6-11-7-13(9-12)16(19)23-14(15)8-11/h10-15H,5-9H2,1-4H3. The molecule has 130 valence electrons. The fourth-order valence-electron chi connectivity index (χ4n) is 4.17. The van der Waals surface area contributed by atoms with Gasteiger partial charge in [0.05, 0.1) is 11.3 Å². The molecule has 5 heteroatoms. The molecular formula is C18H28O5. The summed E-state index contributed by atoms with van der Waals surface area (Å²) in [5.41, 5.74) is -0.509. The van der Waals surface area contributed by atoms with E-state index in [-0.39, 0.29) is 30.1 Å². The Bertz CT molecular complexity index is 486. The van der Waals surface area contributed by atoms with Crippen molar-refractivity contribution in [2.75, 3.05) is 0 Å². The number of rotatable bonds is 5. The molecule has 6 atom stereocenters. The number of hydrogen-bond donors (Lipinski definition) is 0. The molecule has 2 aliphatic carbocycles. The number of carbonyl (C=O) groups is 2. The molecule has 6 unspecified atom stereocenters. The van der Waals surface area contributed by atoms with E-state index in [0.29, 0.717) is 18.3 Å². The van der Waals surface area contributed by atoms with Gasteiger partial charge in [0.2, 0.25) is 6.29 Å². The second-order valence-electron chi connectivity index (χ2n) is 8.05. The van der Waals surface area contributed by atoms with Crippen LogP contribution in [-0.2, 0) is 23.8 Å². The van der Waals surface area contributed by atoms with Crippen LogP contribution in [0.2, 0.25) is 0 Å². The van der Waals surface area contributed by atoms with Gasteiger partial charge in [0.25, 0.3) is 0 Å². The van der Waals surface area contributed by atoms with Crippen LogP contribution in [-0.4, -0.2) is 30.4 Å². The number of fused-ring (bicyclic) bond motifs is 1. The van der Waals surface area contributed by atoms with E-state index in [1.165, 1.54) is 0 Å². The molecule has 4 fully saturated rings. The summed E-state index contributed by atoms with van der Waals surface area (Å²) in [6, 6.07) is 0. The van der Waals surface area contributed by atoms with Crippen molar-refractivity contribution in [3.63, 3.8) is 0 Å². The SMILES string of the molecule is CCC(C)(C)C(=O)OC(C)OC1C2CC3CC(C2)C(=O)OC1C3. The largest absolute Gasteiger partial charge is 0.459 e. The molecule has 0 N–H and O–H groups in total. The van der Waals surface area contributed by atoms with Gasteiger partial charge in [-0.3, -0.25) is 9.59 Å². The lowest BCUT2D eigenvalue weighted by Gasteiger charge is -2.42. The lowest BCUT2D eigenvalue weighted by molar-refractivity contribution is -0.219. The third-order valence-corrected chi connectivity index (χ3v) is 5.90. The Morgan fingerprint density at radius 3 is 2.74 bits per heavy atom. The smallest absolute Gasteiger partial charge is 0.313 e. The van der Waals surface area contributed by atoms with Crippen LogP contribution in [0, 0.1) is 23.2 Å². The van der Waals surface area contributed by atoms with Crippen LogP contribution in [0.25, 0.3) is 0 Å². The van der Waals surface area contributed by atoms with E-state index in [9.17, 15) is 9.59 Å². The Labute approximate surface area is 138 Å². The van der Waals surface area contributed by atoms with Crippen molar-refractivity contribution in [3.05, 3.63) is 0 Å². The van der Waals surface area contributed by atoms with Gasteiger partial charge in [0.1, 0.15) is 12.2 Å². The predicted octanol–water partition coefficient (Wildman–Crippen LogP) is 3.06. The maximum absolute atomic E-state index is 12.2. The molecule has 23 heavy (non-hydrogen) atoms. The molecule has 0 aromatic heterocycles. The highest BCUT2D eigenvalue weighted by Gasteiger charge is 2.51. The summed E-state index contributed by atoms with van der Waals surface area (Å²) in [5, 5.41) is 0. The molecule has 0 radical (unpaired) electrons. The van der Waals surface area contributed by atoms with Crippen molar-refractivity contribution in [1.82, 2.24) is 0 Å². The first-order valence-corrected chi connectivity index (χ1v) is 8.87. The fraction of sp³-hybridized carbons (Fsp3) is 0.889. The zero-order valence-electron chi connectivity index (χ0n) is 14.5. The minimum atomic E-state index is -0.616. The van der Waals surface area contributed by atoms with E-state index in [0.717, 1.165) is 25.7 Å². The number of hydrogen-bond acceptors (Lipinski definition) is 5. The summed E-state index contributed by atoms with van der Waals surface area (Å²) in [7, 11) is 0. The van der Waals surface area contributed by atoms with Crippen molar-refractivity contribution >= 4 is 11.9 Å². The molecule has 5 nitrogen and oxygen atoms in total. The first kappa shape index (κ1) is 16.7. The molecule has 2 aliphatic heterocycles. The fourth-order valence-corrected chi connectivity index (χ4v) is 4.17. The van der Waals surface area contributed by atoms with Crippen LogP contribution in [0.3, 0.4) is 0 Å². The third kappa shape index (κ3) is 3.25. The lowest BCUT2D eigenvalue weighted by Crippen LogP contribution is -2.46. The van der Waals surface area contributed by atoms with Crippen LogP contribution in [0.4, 0.5) is 0 Å². The van der Waals surface area contributed by atoms with Gasteiger partial charge in [0.15, 0.2) is 0 Å².